The van der Waals surface area contributed by atoms with E-state index in [0.29, 0.717) is 48.7 Å². The highest BCUT2D eigenvalue weighted by Crippen LogP contribution is 2.31. The van der Waals surface area contributed by atoms with E-state index in [2.05, 4.69) is 9.97 Å². The summed E-state index contributed by atoms with van der Waals surface area (Å²) in [5, 5.41) is 21.2. The molecular weight excluding hydrogens is 374 g/mol. The fraction of sp³-hybridized carbons (Fsp3) is 0.200. The van der Waals surface area contributed by atoms with Crippen molar-refractivity contribution in [1.29, 1.82) is 0 Å². The van der Waals surface area contributed by atoms with Crippen molar-refractivity contribution in [3.63, 3.8) is 0 Å². The lowest BCUT2D eigenvalue weighted by Crippen LogP contribution is -2.35. The van der Waals surface area contributed by atoms with Crippen LogP contribution < -0.4 is 11.3 Å². The molecule has 4 N–H and O–H groups in total. The molecular formula is C20H19N5O4. The van der Waals surface area contributed by atoms with Crippen molar-refractivity contribution in [3.8, 4) is 17.1 Å². The maximum Gasteiger partial charge on any atom is 0.311 e. The first-order valence-corrected chi connectivity index (χ1v) is 9.08. The number of nitrogens with zero attached hydrogens (tertiary/aromatic N) is 3. The predicted octanol–water partition coefficient (Wildman–Crippen LogP) is 2.19. The number of nitro benzene ring substituents is 1. The highest BCUT2D eigenvalue weighted by atomic mass is 16.6. The number of nitro groups is 1. The Morgan fingerprint density at radius 1 is 1.24 bits per heavy atom. The minimum Gasteiger partial charge on any atom is -0.502 e. The standard InChI is InChI=1S/C20H19N5O4/c21-14-6-4-12(5-7-14)19-22-16-8-9-24(11-15(16)20(27)23-19)10-13-2-1-3-17(18(13)26)25(28)29/h1-7,26H,8-11,21H2,(H,22,23,27). The van der Waals surface area contributed by atoms with Gasteiger partial charge in [0.05, 0.1) is 16.2 Å². The molecule has 1 aliphatic rings. The van der Waals surface area contributed by atoms with E-state index in [1.165, 1.54) is 6.07 Å². The van der Waals surface area contributed by atoms with Gasteiger partial charge in [0, 0.05) is 48.9 Å². The monoisotopic (exact) mass is 393 g/mol. The number of nitrogens with one attached hydrogen (secondary N) is 1. The number of aromatic nitrogens is 2. The third-order valence-corrected chi connectivity index (χ3v) is 5.02. The van der Waals surface area contributed by atoms with Crippen molar-refractivity contribution in [2.45, 2.75) is 19.5 Å². The first-order valence-electron chi connectivity index (χ1n) is 9.08. The molecule has 0 saturated heterocycles. The Kier molecular flexibility index (Phi) is 4.73. The second kappa shape index (κ2) is 7.36. The smallest absolute Gasteiger partial charge is 0.311 e. The Labute approximate surface area is 165 Å². The number of phenolic OH excluding ortho intramolecular Hbond substituents is 1. The van der Waals surface area contributed by atoms with Crippen LogP contribution in [0, 0.1) is 10.1 Å². The predicted molar refractivity (Wildman–Crippen MR) is 107 cm³/mol. The third-order valence-electron chi connectivity index (χ3n) is 5.02. The second-order valence-corrected chi connectivity index (χ2v) is 6.96. The Balaban J connectivity index is 1.58. The molecule has 0 bridgehead atoms. The summed E-state index contributed by atoms with van der Waals surface area (Å²) in [5.74, 6) is 0.160. The number of aromatic amines is 1. The van der Waals surface area contributed by atoms with E-state index in [9.17, 15) is 20.0 Å². The third kappa shape index (κ3) is 3.67. The van der Waals surface area contributed by atoms with Crippen LogP contribution in [0.4, 0.5) is 11.4 Å². The van der Waals surface area contributed by atoms with Crippen LogP contribution in [-0.2, 0) is 19.5 Å². The van der Waals surface area contributed by atoms with Gasteiger partial charge in [-0.25, -0.2) is 4.98 Å². The summed E-state index contributed by atoms with van der Waals surface area (Å²) in [5.41, 5.74) is 8.34. The zero-order chi connectivity index (χ0) is 20.5. The molecule has 0 fully saturated rings. The van der Waals surface area contributed by atoms with E-state index < -0.39 is 4.92 Å². The Morgan fingerprint density at radius 3 is 2.72 bits per heavy atom. The molecule has 9 heteroatoms. The van der Waals surface area contributed by atoms with Crippen LogP contribution >= 0.6 is 0 Å². The molecule has 1 aliphatic heterocycles. The fourth-order valence-electron chi connectivity index (χ4n) is 3.49. The topological polar surface area (TPSA) is 138 Å². The number of benzene rings is 2. The van der Waals surface area contributed by atoms with E-state index in [-0.39, 0.29) is 17.0 Å². The molecule has 148 valence electrons. The first-order chi connectivity index (χ1) is 13.9. The summed E-state index contributed by atoms with van der Waals surface area (Å²) in [4.78, 5) is 32.4. The number of phenols is 1. The molecule has 9 nitrogen and oxygen atoms in total. The summed E-state index contributed by atoms with van der Waals surface area (Å²) < 4.78 is 0. The number of para-hydroxylation sites is 1. The van der Waals surface area contributed by atoms with Gasteiger partial charge in [-0.2, -0.15) is 0 Å². The normalized spacial score (nSPS) is 13.8. The molecule has 0 radical (unpaired) electrons. The molecule has 29 heavy (non-hydrogen) atoms. The van der Waals surface area contributed by atoms with Crippen LogP contribution in [0.1, 0.15) is 16.8 Å². The molecule has 2 aromatic carbocycles. The molecule has 0 unspecified atom stereocenters. The summed E-state index contributed by atoms with van der Waals surface area (Å²) >= 11 is 0. The lowest BCUT2D eigenvalue weighted by Gasteiger charge is -2.27. The van der Waals surface area contributed by atoms with Crippen LogP contribution in [0.3, 0.4) is 0 Å². The lowest BCUT2D eigenvalue weighted by atomic mass is 10.0. The van der Waals surface area contributed by atoms with Crippen LogP contribution in [0.25, 0.3) is 11.4 Å². The molecule has 0 spiro atoms. The van der Waals surface area contributed by atoms with Crippen molar-refractivity contribution in [2.75, 3.05) is 12.3 Å². The zero-order valence-corrected chi connectivity index (χ0v) is 15.5. The van der Waals surface area contributed by atoms with E-state index >= 15 is 0 Å². The SMILES string of the molecule is Nc1ccc(-c2nc3c(c(=O)[nH]2)CN(Cc2cccc([N+](=O)[O-])c2O)CC3)cc1. The Bertz CT molecular complexity index is 1140. The quantitative estimate of drug-likeness (QED) is 0.351. The minimum absolute atomic E-state index is 0.213. The molecule has 2 heterocycles. The largest absolute Gasteiger partial charge is 0.502 e. The number of fused-ring (bicyclic) bond motifs is 1. The number of nitrogens with two attached hydrogens (primary N) is 1. The molecule has 4 rings (SSSR count). The van der Waals surface area contributed by atoms with Gasteiger partial charge < -0.3 is 15.8 Å². The van der Waals surface area contributed by atoms with E-state index in [1.807, 2.05) is 4.90 Å². The van der Waals surface area contributed by atoms with Gasteiger partial charge in [0.2, 0.25) is 0 Å². The number of hydrogen-bond donors (Lipinski definition) is 3. The van der Waals surface area contributed by atoms with Gasteiger partial charge in [0.15, 0.2) is 5.75 Å². The summed E-state index contributed by atoms with van der Waals surface area (Å²) in [6.07, 6.45) is 0.566. The summed E-state index contributed by atoms with van der Waals surface area (Å²) in [6, 6.07) is 11.6. The van der Waals surface area contributed by atoms with Gasteiger partial charge in [-0.3, -0.25) is 19.8 Å². The molecule has 0 aliphatic carbocycles. The van der Waals surface area contributed by atoms with Gasteiger partial charge in [-0.15, -0.1) is 0 Å². The van der Waals surface area contributed by atoms with Gasteiger partial charge in [0.1, 0.15) is 5.82 Å². The minimum atomic E-state index is -0.613. The maximum absolute atomic E-state index is 12.6. The molecule has 3 aromatic rings. The van der Waals surface area contributed by atoms with Gasteiger partial charge in [0.25, 0.3) is 5.56 Å². The van der Waals surface area contributed by atoms with Gasteiger partial charge in [-0.05, 0) is 24.3 Å². The average molecular weight is 393 g/mol. The molecule has 0 atom stereocenters. The van der Waals surface area contributed by atoms with Crippen LogP contribution in [0.5, 0.6) is 5.75 Å². The van der Waals surface area contributed by atoms with E-state index in [4.69, 9.17) is 5.73 Å². The Morgan fingerprint density at radius 2 is 2.00 bits per heavy atom. The molecule has 0 saturated carbocycles. The van der Waals surface area contributed by atoms with Crippen LogP contribution in [0.15, 0.2) is 47.3 Å². The number of nitrogen functional groups attached to an aromatic ring is 1. The fourth-order valence-corrected chi connectivity index (χ4v) is 3.49. The summed E-state index contributed by atoms with van der Waals surface area (Å²) in [7, 11) is 0. The first kappa shape index (κ1) is 18.6. The zero-order valence-electron chi connectivity index (χ0n) is 15.5. The van der Waals surface area contributed by atoms with Gasteiger partial charge in [-0.1, -0.05) is 12.1 Å². The van der Waals surface area contributed by atoms with Crippen molar-refractivity contribution >= 4 is 11.4 Å². The Hall–Kier alpha value is -3.72. The van der Waals surface area contributed by atoms with E-state index in [0.717, 1.165) is 11.3 Å². The lowest BCUT2D eigenvalue weighted by molar-refractivity contribution is -0.385. The average Bonchev–Trinajstić information content (AvgIpc) is 2.70. The number of hydrogen-bond acceptors (Lipinski definition) is 7. The number of rotatable bonds is 4. The maximum atomic E-state index is 12.6. The van der Waals surface area contributed by atoms with E-state index in [1.54, 1.807) is 36.4 Å². The van der Waals surface area contributed by atoms with Crippen molar-refractivity contribution in [1.82, 2.24) is 14.9 Å². The second-order valence-electron chi connectivity index (χ2n) is 6.96. The van der Waals surface area contributed by atoms with Crippen molar-refractivity contribution in [3.05, 3.63) is 79.8 Å². The van der Waals surface area contributed by atoms with Crippen LogP contribution in [0.2, 0.25) is 0 Å². The number of aromatic hydroxyl groups is 1. The summed E-state index contributed by atoms with van der Waals surface area (Å²) in [6.45, 7) is 1.26. The van der Waals surface area contributed by atoms with Gasteiger partial charge >= 0.3 is 5.69 Å². The number of H-pyrrole nitrogens is 1. The van der Waals surface area contributed by atoms with Crippen molar-refractivity contribution in [2.24, 2.45) is 0 Å². The molecule has 1 aromatic heterocycles. The van der Waals surface area contributed by atoms with Crippen LogP contribution in [-0.4, -0.2) is 31.4 Å². The highest BCUT2D eigenvalue weighted by molar-refractivity contribution is 5.59. The molecule has 0 amide bonds. The van der Waals surface area contributed by atoms with Crippen molar-refractivity contribution < 1.29 is 10.0 Å². The number of anilines is 1. The highest BCUT2D eigenvalue weighted by Gasteiger charge is 2.24.